The smallest absolute Gasteiger partial charge is 0.258 e. The molecule has 3 aromatic rings. The summed E-state index contributed by atoms with van der Waals surface area (Å²) in [4.78, 5) is 14.5. The SMILES string of the molecule is Cc1cccc(OCC(=O)NC2CCCN(c3cc(-c4ccc(F)cc4)[nH]n3)C2)c1. The Morgan fingerprint density at radius 3 is 2.90 bits per heavy atom. The Morgan fingerprint density at radius 2 is 2.10 bits per heavy atom. The molecule has 1 aliphatic heterocycles. The van der Waals surface area contributed by atoms with Gasteiger partial charge in [0.25, 0.3) is 5.91 Å². The fraction of sp³-hybridized carbons (Fsp3) is 0.304. The fourth-order valence-corrected chi connectivity index (χ4v) is 3.68. The maximum Gasteiger partial charge on any atom is 0.258 e. The molecule has 156 valence electrons. The zero-order valence-corrected chi connectivity index (χ0v) is 16.9. The molecular formula is C23H25FN4O2. The topological polar surface area (TPSA) is 70.2 Å². The highest BCUT2D eigenvalue weighted by atomic mass is 19.1. The molecule has 1 aliphatic rings. The van der Waals surface area contributed by atoms with Crippen LogP contribution in [-0.2, 0) is 4.79 Å². The lowest BCUT2D eigenvalue weighted by Gasteiger charge is -2.33. The van der Waals surface area contributed by atoms with E-state index < -0.39 is 0 Å². The van der Waals surface area contributed by atoms with E-state index in [4.69, 9.17) is 4.74 Å². The number of carbonyl (C=O) groups excluding carboxylic acids is 1. The quantitative estimate of drug-likeness (QED) is 0.653. The number of rotatable bonds is 6. The predicted octanol–water partition coefficient (Wildman–Crippen LogP) is 3.69. The first-order valence-corrected chi connectivity index (χ1v) is 10.1. The summed E-state index contributed by atoms with van der Waals surface area (Å²) in [7, 11) is 0. The largest absolute Gasteiger partial charge is 0.484 e. The van der Waals surface area contributed by atoms with E-state index in [1.54, 1.807) is 12.1 Å². The van der Waals surface area contributed by atoms with Crippen molar-refractivity contribution < 1.29 is 13.9 Å². The van der Waals surface area contributed by atoms with E-state index in [1.807, 2.05) is 37.3 Å². The number of amides is 1. The van der Waals surface area contributed by atoms with E-state index in [0.717, 1.165) is 42.0 Å². The summed E-state index contributed by atoms with van der Waals surface area (Å²) in [5.74, 6) is 1.13. The highest BCUT2D eigenvalue weighted by Crippen LogP contribution is 2.24. The molecule has 0 bridgehead atoms. The van der Waals surface area contributed by atoms with Crippen molar-refractivity contribution in [2.45, 2.75) is 25.8 Å². The average Bonchev–Trinajstić information content (AvgIpc) is 3.23. The number of aromatic nitrogens is 2. The Morgan fingerprint density at radius 1 is 1.27 bits per heavy atom. The molecule has 1 aromatic heterocycles. The number of halogens is 1. The van der Waals surface area contributed by atoms with Crippen molar-refractivity contribution in [3.63, 3.8) is 0 Å². The second-order valence-corrected chi connectivity index (χ2v) is 7.60. The van der Waals surface area contributed by atoms with Crippen molar-refractivity contribution in [3.8, 4) is 17.0 Å². The molecule has 2 heterocycles. The van der Waals surface area contributed by atoms with Crippen LogP contribution in [0.2, 0.25) is 0 Å². The van der Waals surface area contributed by atoms with Gasteiger partial charge in [-0.2, -0.15) is 5.10 Å². The average molecular weight is 408 g/mol. The van der Waals surface area contributed by atoms with Crippen LogP contribution < -0.4 is 15.0 Å². The Kier molecular flexibility index (Phi) is 5.97. The first kappa shape index (κ1) is 19.9. The minimum absolute atomic E-state index is 0.00290. The lowest BCUT2D eigenvalue weighted by Crippen LogP contribution is -2.49. The molecule has 0 radical (unpaired) electrons. The van der Waals surface area contributed by atoms with Crippen LogP contribution in [0.5, 0.6) is 5.75 Å². The van der Waals surface area contributed by atoms with E-state index in [2.05, 4.69) is 20.4 Å². The molecule has 1 fully saturated rings. The van der Waals surface area contributed by atoms with Crippen LogP contribution in [0.3, 0.4) is 0 Å². The third kappa shape index (κ3) is 4.97. The van der Waals surface area contributed by atoms with Gasteiger partial charge in [-0.1, -0.05) is 12.1 Å². The van der Waals surface area contributed by atoms with Crippen molar-refractivity contribution in [1.82, 2.24) is 15.5 Å². The number of anilines is 1. The van der Waals surface area contributed by atoms with Crippen LogP contribution in [-0.4, -0.2) is 41.8 Å². The van der Waals surface area contributed by atoms with E-state index in [0.29, 0.717) is 12.3 Å². The summed E-state index contributed by atoms with van der Waals surface area (Å²) in [6, 6.07) is 16.0. The summed E-state index contributed by atoms with van der Waals surface area (Å²) in [5, 5.41) is 10.5. The maximum atomic E-state index is 13.1. The van der Waals surface area contributed by atoms with Gasteiger partial charge in [0.2, 0.25) is 0 Å². The fourth-order valence-electron chi connectivity index (χ4n) is 3.68. The lowest BCUT2D eigenvalue weighted by molar-refractivity contribution is -0.123. The van der Waals surface area contributed by atoms with E-state index in [9.17, 15) is 9.18 Å². The number of carbonyl (C=O) groups is 1. The number of nitrogens with zero attached hydrogens (tertiary/aromatic N) is 2. The van der Waals surface area contributed by atoms with E-state index in [1.165, 1.54) is 12.1 Å². The van der Waals surface area contributed by atoms with Crippen molar-refractivity contribution in [2.75, 3.05) is 24.6 Å². The molecule has 6 nitrogen and oxygen atoms in total. The van der Waals surface area contributed by atoms with E-state index >= 15 is 0 Å². The Hall–Kier alpha value is -3.35. The normalized spacial score (nSPS) is 16.3. The minimum atomic E-state index is -0.264. The van der Waals surface area contributed by atoms with Crippen LogP contribution in [0.15, 0.2) is 54.6 Å². The molecule has 2 N–H and O–H groups in total. The lowest BCUT2D eigenvalue weighted by atomic mass is 10.1. The Labute approximate surface area is 175 Å². The van der Waals surface area contributed by atoms with Crippen LogP contribution >= 0.6 is 0 Å². The Bertz CT molecular complexity index is 1000. The van der Waals surface area contributed by atoms with Gasteiger partial charge in [-0.25, -0.2) is 4.39 Å². The number of aromatic amines is 1. The zero-order chi connectivity index (χ0) is 20.9. The van der Waals surface area contributed by atoms with Crippen molar-refractivity contribution >= 4 is 11.7 Å². The van der Waals surface area contributed by atoms with Crippen molar-refractivity contribution in [3.05, 3.63) is 66.0 Å². The standard InChI is InChI=1S/C23H25FN4O2/c1-16-4-2-6-20(12-16)30-15-23(29)25-19-5-3-11-28(14-19)22-13-21(26-27-22)17-7-9-18(24)10-8-17/h2,4,6-10,12-13,19H,3,5,11,14-15H2,1H3,(H,25,29)(H,26,27). The van der Waals surface area contributed by atoms with Gasteiger partial charge in [0.05, 0.1) is 5.69 Å². The predicted molar refractivity (Wildman–Crippen MR) is 114 cm³/mol. The number of benzene rings is 2. The van der Waals surface area contributed by atoms with Gasteiger partial charge in [-0.15, -0.1) is 0 Å². The molecule has 4 rings (SSSR count). The van der Waals surface area contributed by atoms with Gasteiger partial charge in [-0.3, -0.25) is 9.89 Å². The Balaban J connectivity index is 1.32. The number of nitrogens with one attached hydrogen (secondary N) is 2. The number of hydrogen-bond acceptors (Lipinski definition) is 4. The van der Waals surface area contributed by atoms with Gasteiger partial charge in [0, 0.05) is 25.2 Å². The summed E-state index contributed by atoms with van der Waals surface area (Å²) in [5.41, 5.74) is 2.81. The summed E-state index contributed by atoms with van der Waals surface area (Å²) in [6.07, 6.45) is 1.88. The van der Waals surface area contributed by atoms with Gasteiger partial charge in [-0.05, 0) is 67.3 Å². The molecule has 30 heavy (non-hydrogen) atoms. The van der Waals surface area contributed by atoms with Gasteiger partial charge < -0.3 is 15.0 Å². The van der Waals surface area contributed by atoms with Gasteiger partial charge in [0.15, 0.2) is 12.4 Å². The van der Waals surface area contributed by atoms with Gasteiger partial charge >= 0.3 is 0 Å². The highest BCUT2D eigenvalue weighted by Gasteiger charge is 2.23. The first-order valence-electron chi connectivity index (χ1n) is 10.1. The highest BCUT2D eigenvalue weighted by molar-refractivity contribution is 5.78. The third-order valence-corrected chi connectivity index (χ3v) is 5.19. The van der Waals surface area contributed by atoms with Crippen LogP contribution in [0.4, 0.5) is 10.2 Å². The molecule has 0 aliphatic carbocycles. The zero-order valence-electron chi connectivity index (χ0n) is 16.9. The minimum Gasteiger partial charge on any atom is -0.484 e. The van der Waals surface area contributed by atoms with Crippen LogP contribution in [0.25, 0.3) is 11.3 Å². The number of hydrogen-bond donors (Lipinski definition) is 2. The molecule has 0 spiro atoms. The maximum absolute atomic E-state index is 13.1. The molecule has 2 aromatic carbocycles. The first-order chi connectivity index (χ1) is 14.6. The monoisotopic (exact) mass is 408 g/mol. The van der Waals surface area contributed by atoms with Crippen LogP contribution in [0, 0.1) is 12.7 Å². The summed E-state index contributed by atoms with van der Waals surface area (Å²) >= 11 is 0. The third-order valence-electron chi connectivity index (χ3n) is 5.19. The number of H-pyrrole nitrogens is 1. The van der Waals surface area contributed by atoms with Crippen molar-refractivity contribution in [2.24, 2.45) is 0 Å². The second-order valence-electron chi connectivity index (χ2n) is 7.60. The number of aryl methyl sites for hydroxylation is 1. The van der Waals surface area contributed by atoms with Gasteiger partial charge in [0.1, 0.15) is 11.6 Å². The van der Waals surface area contributed by atoms with Crippen LogP contribution in [0.1, 0.15) is 18.4 Å². The summed E-state index contributed by atoms with van der Waals surface area (Å²) < 4.78 is 18.7. The van der Waals surface area contributed by atoms with E-state index in [-0.39, 0.29) is 24.4 Å². The summed E-state index contributed by atoms with van der Waals surface area (Å²) in [6.45, 7) is 3.54. The van der Waals surface area contributed by atoms with Crippen molar-refractivity contribution in [1.29, 1.82) is 0 Å². The number of ether oxygens (including phenoxy) is 1. The molecule has 1 saturated heterocycles. The molecule has 1 atom stereocenters. The molecular weight excluding hydrogens is 383 g/mol. The molecule has 1 unspecified atom stereocenters. The number of piperidine rings is 1. The molecule has 0 saturated carbocycles. The molecule has 7 heteroatoms. The molecule has 1 amide bonds. The second kappa shape index (κ2) is 8.98.